The first-order valence-corrected chi connectivity index (χ1v) is 6.73. The molecule has 94 valence electrons. The molecule has 1 aliphatic heterocycles. The fourth-order valence-corrected chi connectivity index (χ4v) is 2.55. The van der Waals surface area contributed by atoms with Crippen molar-refractivity contribution in [1.29, 1.82) is 0 Å². The van der Waals surface area contributed by atoms with Gasteiger partial charge in [-0.3, -0.25) is 0 Å². The summed E-state index contributed by atoms with van der Waals surface area (Å²) in [5, 5.41) is 9.26. The molecule has 0 saturated heterocycles. The number of hydrogen-bond acceptors (Lipinski definition) is 2. The Hall–Kier alpha value is -0.860. The summed E-state index contributed by atoms with van der Waals surface area (Å²) < 4.78 is 0. The fourth-order valence-electron chi connectivity index (χ4n) is 2.55. The Balaban J connectivity index is 1.82. The number of rotatable bonds is 4. The normalized spacial score (nSPS) is 18.5. The lowest BCUT2D eigenvalue weighted by Gasteiger charge is -2.19. The molecule has 1 unspecified atom stereocenters. The van der Waals surface area contributed by atoms with E-state index in [0.717, 1.165) is 32.5 Å². The summed E-state index contributed by atoms with van der Waals surface area (Å²) in [5.74, 6) is 0. The van der Waals surface area contributed by atoms with Crippen molar-refractivity contribution >= 4 is 0 Å². The minimum absolute atomic E-state index is 0.154. The van der Waals surface area contributed by atoms with Gasteiger partial charge in [-0.25, -0.2) is 0 Å². The molecule has 0 amide bonds. The number of aliphatic hydroxyl groups is 1. The third-order valence-corrected chi connectivity index (χ3v) is 3.61. The molecule has 2 nitrogen and oxygen atoms in total. The molecule has 0 spiro atoms. The van der Waals surface area contributed by atoms with Gasteiger partial charge in [-0.15, -0.1) is 0 Å². The summed E-state index contributed by atoms with van der Waals surface area (Å²) in [4.78, 5) is 2.53. The van der Waals surface area contributed by atoms with Crippen LogP contribution in [0.5, 0.6) is 0 Å². The summed E-state index contributed by atoms with van der Waals surface area (Å²) >= 11 is 0. The van der Waals surface area contributed by atoms with E-state index in [1.807, 2.05) is 6.92 Å². The Morgan fingerprint density at radius 3 is 2.29 bits per heavy atom. The first-order chi connectivity index (χ1) is 8.25. The predicted molar refractivity (Wildman–Crippen MR) is 71.2 cm³/mol. The van der Waals surface area contributed by atoms with Crippen LogP contribution >= 0.6 is 0 Å². The summed E-state index contributed by atoms with van der Waals surface area (Å²) in [7, 11) is 0. The van der Waals surface area contributed by atoms with E-state index in [-0.39, 0.29) is 6.10 Å². The van der Waals surface area contributed by atoms with Crippen LogP contribution in [0.4, 0.5) is 0 Å². The molecule has 2 rings (SSSR count). The standard InChI is InChI=1S/C15H23NO/c1-13(17)5-4-10-16-11-8-14-6-2-3-7-15(14)9-12-16/h2-3,6-7,13,17H,4-5,8-12H2,1H3. The molecular weight excluding hydrogens is 210 g/mol. The average molecular weight is 233 g/mol. The molecule has 0 aliphatic carbocycles. The lowest BCUT2D eigenvalue weighted by molar-refractivity contribution is 0.171. The van der Waals surface area contributed by atoms with Crippen molar-refractivity contribution in [2.24, 2.45) is 0 Å². The minimum Gasteiger partial charge on any atom is -0.393 e. The van der Waals surface area contributed by atoms with Crippen LogP contribution in [0.3, 0.4) is 0 Å². The van der Waals surface area contributed by atoms with Crippen molar-refractivity contribution in [1.82, 2.24) is 4.90 Å². The molecule has 0 radical (unpaired) electrons. The van der Waals surface area contributed by atoms with Gasteiger partial charge in [-0.05, 0) is 50.3 Å². The second kappa shape index (κ2) is 6.18. The topological polar surface area (TPSA) is 23.5 Å². The van der Waals surface area contributed by atoms with E-state index < -0.39 is 0 Å². The molecule has 1 aromatic carbocycles. The highest BCUT2D eigenvalue weighted by Crippen LogP contribution is 2.15. The summed E-state index contributed by atoms with van der Waals surface area (Å²) in [6, 6.07) is 8.80. The monoisotopic (exact) mass is 233 g/mol. The molecule has 1 N–H and O–H groups in total. The maximum absolute atomic E-state index is 9.26. The van der Waals surface area contributed by atoms with Gasteiger partial charge in [0, 0.05) is 13.1 Å². The highest BCUT2D eigenvalue weighted by molar-refractivity contribution is 5.28. The van der Waals surface area contributed by atoms with Crippen LogP contribution in [0.2, 0.25) is 0 Å². The second-order valence-electron chi connectivity index (χ2n) is 5.10. The van der Waals surface area contributed by atoms with Gasteiger partial charge in [0.2, 0.25) is 0 Å². The first-order valence-electron chi connectivity index (χ1n) is 6.73. The Bertz CT molecular complexity index is 322. The molecule has 17 heavy (non-hydrogen) atoms. The number of benzene rings is 1. The van der Waals surface area contributed by atoms with Gasteiger partial charge in [0.25, 0.3) is 0 Å². The third kappa shape index (κ3) is 3.83. The summed E-state index contributed by atoms with van der Waals surface area (Å²) in [6.07, 6.45) is 4.21. The molecule has 0 fully saturated rings. The summed E-state index contributed by atoms with van der Waals surface area (Å²) in [5.41, 5.74) is 3.04. The second-order valence-corrected chi connectivity index (χ2v) is 5.10. The van der Waals surface area contributed by atoms with Crippen molar-refractivity contribution in [3.05, 3.63) is 35.4 Å². The number of fused-ring (bicyclic) bond motifs is 1. The highest BCUT2D eigenvalue weighted by atomic mass is 16.3. The highest BCUT2D eigenvalue weighted by Gasteiger charge is 2.12. The van der Waals surface area contributed by atoms with Crippen LogP contribution in [0.1, 0.15) is 30.9 Å². The Kier molecular flexibility index (Phi) is 4.57. The molecule has 1 aromatic rings. The smallest absolute Gasteiger partial charge is 0.0512 e. The Morgan fingerprint density at radius 2 is 1.76 bits per heavy atom. The lowest BCUT2D eigenvalue weighted by Crippen LogP contribution is -2.28. The van der Waals surface area contributed by atoms with E-state index in [9.17, 15) is 5.11 Å². The molecule has 1 heterocycles. The molecule has 1 aliphatic rings. The van der Waals surface area contributed by atoms with Crippen LogP contribution < -0.4 is 0 Å². The molecular formula is C15H23NO. The molecule has 0 bridgehead atoms. The minimum atomic E-state index is -0.154. The maximum Gasteiger partial charge on any atom is 0.0512 e. The van der Waals surface area contributed by atoms with Gasteiger partial charge < -0.3 is 10.0 Å². The van der Waals surface area contributed by atoms with Gasteiger partial charge in [-0.2, -0.15) is 0 Å². The van der Waals surface area contributed by atoms with Gasteiger partial charge in [-0.1, -0.05) is 24.3 Å². The van der Waals surface area contributed by atoms with Crippen LogP contribution in [0.15, 0.2) is 24.3 Å². The van der Waals surface area contributed by atoms with Crippen LogP contribution in [0, 0.1) is 0 Å². The van der Waals surface area contributed by atoms with Crippen molar-refractivity contribution in [2.75, 3.05) is 19.6 Å². The lowest BCUT2D eigenvalue weighted by atomic mass is 10.0. The average Bonchev–Trinajstić information content (AvgIpc) is 2.52. The largest absolute Gasteiger partial charge is 0.393 e. The zero-order valence-electron chi connectivity index (χ0n) is 10.7. The van der Waals surface area contributed by atoms with Gasteiger partial charge in [0.05, 0.1) is 6.10 Å². The number of hydrogen-bond donors (Lipinski definition) is 1. The SMILES string of the molecule is CC(O)CCCN1CCc2ccccc2CC1. The van der Waals surface area contributed by atoms with Crippen LogP contribution in [-0.4, -0.2) is 35.7 Å². The molecule has 0 saturated carbocycles. The van der Waals surface area contributed by atoms with Crippen molar-refractivity contribution in [3.8, 4) is 0 Å². The fraction of sp³-hybridized carbons (Fsp3) is 0.600. The van der Waals surface area contributed by atoms with Gasteiger partial charge >= 0.3 is 0 Å². The zero-order chi connectivity index (χ0) is 12.1. The predicted octanol–water partition coefficient (Wildman–Crippen LogP) is 2.25. The van der Waals surface area contributed by atoms with Crippen LogP contribution in [-0.2, 0) is 12.8 Å². The van der Waals surface area contributed by atoms with Gasteiger partial charge in [0.1, 0.15) is 0 Å². The number of nitrogens with zero attached hydrogens (tertiary/aromatic N) is 1. The van der Waals surface area contributed by atoms with E-state index in [0.29, 0.717) is 0 Å². The molecule has 0 aromatic heterocycles. The maximum atomic E-state index is 9.26. The van der Waals surface area contributed by atoms with Crippen molar-refractivity contribution in [3.63, 3.8) is 0 Å². The van der Waals surface area contributed by atoms with E-state index in [2.05, 4.69) is 29.2 Å². The summed E-state index contributed by atoms with van der Waals surface area (Å²) in [6.45, 7) is 5.32. The zero-order valence-corrected chi connectivity index (χ0v) is 10.7. The van der Waals surface area contributed by atoms with Gasteiger partial charge in [0.15, 0.2) is 0 Å². The van der Waals surface area contributed by atoms with E-state index in [4.69, 9.17) is 0 Å². The van der Waals surface area contributed by atoms with Crippen molar-refractivity contribution in [2.45, 2.75) is 38.7 Å². The van der Waals surface area contributed by atoms with Crippen molar-refractivity contribution < 1.29 is 5.11 Å². The van der Waals surface area contributed by atoms with E-state index >= 15 is 0 Å². The Labute approximate surface area is 104 Å². The molecule has 2 heteroatoms. The van der Waals surface area contributed by atoms with E-state index in [1.165, 1.54) is 24.0 Å². The van der Waals surface area contributed by atoms with E-state index in [1.54, 1.807) is 0 Å². The third-order valence-electron chi connectivity index (χ3n) is 3.61. The quantitative estimate of drug-likeness (QED) is 0.862. The Morgan fingerprint density at radius 1 is 1.18 bits per heavy atom. The number of aliphatic hydroxyl groups excluding tert-OH is 1. The molecule has 1 atom stereocenters. The first kappa shape index (κ1) is 12.6. The van der Waals surface area contributed by atoms with Crippen LogP contribution in [0.25, 0.3) is 0 Å².